The Balaban J connectivity index is 1.87. The Morgan fingerprint density at radius 2 is 1.72 bits per heavy atom. The second kappa shape index (κ2) is 9.37. The molecule has 2 amide bonds. The van der Waals surface area contributed by atoms with Gasteiger partial charge in [0.15, 0.2) is 0 Å². The van der Waals surface area contributed by atoms with Crippen molar-refractivity contribution in [2.45, 2.75) is 19.3 Å². The number of carbonyl (C=O) groups excluding carboxylic acids is 2. The second-order valence-corrected chi connectivity index (χ2v) is 6.21. The van der Waals surface area contributed by atoms with Crippen LogP contribution in [0.25, 0.3) is 0 Å². The van der Waals surface area contributed by atoms with Gasteiger partial charge in [-0.2, -0.15) is 0 Å². The van der Waals surface area contributed by atoms with Crippen LogP contribution in [0.5, 0.6) is 5.75 Å². The minimum absolute atomic E-state index is 0.135. The molecular weight excluding hydrogens is 394 g/mol. The van der Waals surface area contributed by atoms with Crippen molar-refractivity contribution < 1.29 is 31.9 Å². The quantitative estimate of drug-likeness (QED) is 0.681. The number of amides is 2. The van der Waals surface area contributed by atoms with E-state index in [4.69, 9.17) is 0 Å². The number of alkyl halides is 3. The summed E-state index contributed by atoms with van der Waals surface area (Å²) in [6.07, 6.45) is -4.80. The normalized spacial score (nSPS) is 12.4. The number of benzene rings is 2. The van der Waals surface area contributed by atoms with Crippen LogP contribution in [0.2, 0.25) is 0 Å². The molecule has 0 fully saturated rings. The number of hydrogen-bond acceptors (Lipinski definition) is 4. The smallest absolute Gasteiger partial charge is 0.406 e. The summed E-state index contributed by atoms with van der Waals surface area (Å²) in [5, 5.41) is 5.07. The van der Waals surface area contributed by atoms with Crippen LogP contribution in [-0.2, 0) is 9.59 Å². The van der Waals surface area contributed by atoms with Crippen LogP contribution >= 0.6 is 0 Å². The van der Waals surface area contributed by atoms with Crippen LogP contribution in [0.3, 0.4) is 0 Å². The molecule has 2 aromatic carbocycles. The summed E-state index contributed by atoms with van der Waals surface area (Å²) in [7, 11) is 1.55. The third-order valence-electron chi connectivity index (χ3n) is 3.90. The maximum absolute atomic E-state index is 13.1. The fourth-order valence-corrected chi connectivity index (χ4v) is 2.32. The first-order valence-corrected chi connectivity index (χ1v) is 8.46. The van der Waals surface area contributed by atoms with E-state index in [0.29, 0.717) is 5.69 Å². The van der Waals surface area contributed by atoms with Crippen molar-refractivity contribution in [3.8, 4) is 5.75 Å². The Hall–Kier alpha value is -3.14. The zero-order valence-electron chi connectivity index (χ0n) is 15.6. The molecular formula is C19H19F4N3O3. The van der Waals surface area contributed by atoms with Gasteiger partial charge < -0.3 is 15.4 Å². The fourth-order valence-electron chi connectivity index (χ4n) is 2.32. The average Bonchev–Trinajstić information content (AvgIpc) is 2.61. The molecule has 29 heavy (non-hydrogen) atoms. The molecule has 0 spiro atoms. The zero-order valence-corrected chi connectivity index (χ0v) is 15.6. The molecule has 0 aliphatic rings. The molecule has 0 aliphatic carbocycles. The van der Waals surface area contributed by atoms with Crippen LogP contribution in [0, 0.1) is 5.82 Å². The molecule has 6 nitrogen and oxygen atoms in total. The standard InChI is InChI=1S/C19H19F4N3O3/c1-12(26(2)11-17(27)24-15-5-3-4-13(20)10-15)18(28)25-14-6-8-16(9-7-14)29-19(21,22)23/h3-10,12H,11H2,1-2H3,(H,24,27)(H,25,28). The van der Waals surface area contributed by atoms with Crippen molar-refractivity contribution in [2.75, 3.05) is 24.2 Å². The number of nitrogens with zero attached hydrogens (tertiary/aromatic N) is 1. The zero-order chi connectivity index (χ0) is 21.6. The Labute approximate surface area is 164 Å². The van der Waals surface area contributed by atoms with Crippen molar-refractivity contribution in [2.24, 2.45) is 0 Å². The number of ether oxygens (including phenoxy) is 1. The predicted octanol–water partition coefficient (Wildman–Crippen LogP) is 3.62. The third kappa shape index (κ3) is 7.41. The van der Waals surface area contributed by atoms with Gasteiger partial charge in [0.25, 0.3) is 0 Å². The van der Waals surface area contributed by atoms with E-state index in [0.717, 1.165) is 12.1 Å². The number of anilines is 2. The molecule has 0 aromatic heterocycles. The van der Waals surface area contributed by atoms with Crippen LogP contribution < -0.4 is 15.4 Å². The molecule has 1 atom stereocenters. The first-order valence-electron chi connectivity index (χ1n) is 8.46. The van der Waals surface area contributed by atoms with Crippen LogP contribution in [-0.4, -0.2) is 42.7 Å². The number of nitrogens with one attached hydrogen (secondary N) is 2. The van der Waals surface area contributed by atoms with Crippen molar-refractivity contribution in [1.82, 2.24) is 4.90 Å². The minimum atomic E-state index is -4.80. The Bertz CT molecular complexity index is 857. The molecule has 0 aliphatic heterocycles. The SMILES string of the molecule is CC(C(=O)Nc1ccc(OC(F)(F)F)cc1)N(C)CC(=O)Nc1cccc(F)c1. The van der Waals surface area contributed by atoms with Gasteiger partial charge >= 0.3 is 6.36 Å². The van der Waals surface area contributed by atoms with E-state index < -0.39 is 35.8 Å². The molecule has 0 saturated carbocycles. The van der Waals surface area contributed by atoms with Gasteiger partial charge in [0.05, 0.1) is 12.6 Å². The average molecular weight is 413 g/mol. The molecule has 0 bridgehead atoms. The molecule has 10 heteroatoms. The first-order chi connectivity index (χ1) is 13.5. The van der Waals surface area contributed by atoms with Crippen molar-refractivity contribution in [3.05, 3.63) is 54.3 Å². The topological polar surface area (TPSA) is 70.7 Å². The van der Waals surface area contributed by atoms with Crippen LogP contribution in [0.15, 0.2) is 48.5 Å². The lowest BCUT2D eigenvalue weighted by Gasteiger charge is -2.23. The van der Waals surface area contributed by atoms with E-state index in [1.165, 1.54) is 41.3 Å². The molecule has 0 radical (unpaired) electrons. The maximum atomic E-state index is 13.1. The number of halogens is 4. The van der Waals surface area contributed by atoms with E-state index >= 15 is 0 Å². The molecule has 0 saturated heterocycles. The molecule has 1 unspecified atom stereocenters. The molecule has 2 aromatic rings. The Morgan fingerprint density at radius 3 is 2.31 bits per heavy atom. The van der Waals surface area contributed by atoms with E-state index in [1.807, 2.05) is 0 Å². The van der Waals surface area contributed by atoms with Gasteiger partial charge in [0, 0.05) is 11.4 Å². The number of likely N-dealkylation sites (N-methyl/N-ethyl adjacent to an activating group) is 1. The van der Waals surface area contributed by atoms with Crippen LogP contribution in [0.1, 0.15) is 6.92 Å². The van der Waals surface area contributed by atoms with Gasteiger partial charge in [-0.3, -0.25) is 14.5 Å². The predicted molar refractivity (Wildman–Crippen MR) is 98.9 cm³/mol. The van der Waals surface area contributed by atoms with Gasteiger partial charge in [-0.15, -0.1) is 13.2 Å². The fraction of sp³-hybridized carbons (Fsp3) is 0.263. The Morgan fingerprint density at radius 1 is 1.07 bits per heavy atom. The number of hydrogen-bond donors (Lipinski definition) is 2. The van der Waals surface area contributed by atoms with Gasteiger partial charge in [0.1, 0.15) is 11.6 Å². The lowest BCUT2D eigenvalue weighted by atomic mass is 10.2. The van der Waals surface area contributed by atoms with Crippen LogP contribution in [0.4, 0.5) is 28.9 Å². The van der Waals surface area contributed by atoms with Crippen molar-refractivity contribution >= 4 is 23.2 Å². The summed E-state index contributed by atoms with van der Waals surface area (Å²) in [6, 6.07) is 9.35. The maximum Gasteiger partial charge on any atom is 0.573 e. The number of carbonyl (C=O) groups is 2. The van der Waals surface area contributed by atoms with Gasteiger partial charge in [-0.05, 0) is 56.4 Å². The summed E-state index contributed by atoms with van der Waals surface area (Å²) >= 11 is 0. The lowest BCUT2D eigenvalue weighted by Crippen LogP contribution is -2.43. The van der Waals surface area contributed by atoms with Crippen molar-refractivity contribution in [1.29, 1.82) is 0 Å². The first kappa shape index (κ1) is 22.2. The highest BCUT2D eigenvalue weighted by Crippen LogP contribution is 2.24. The Kier molecular flexibility index (Phi) is 7.16. The highest BCUT2D eigenvalue weighted by molar-refractivity contribution is 5.96. The molecule has 2 N–H and O–H groups in total. The van der Waals surface area contributed by atoms with Gasteiger partial charge in [-0.25, -0.2) is 4.39 Å². The van der Waals surface area contributed by atoms with Gasteiger partial charge in [-0.1, -0.05) is 6.07 Å². The summed E-state index contributed by atoms with van der Waals surface area (Å²) in [5.41, 5.74) is 0.565. The summed E-state index contributed by atoms with van der Waals surface area (Å²) in [5.74, 6) is -1.80. The largest absolute Gasteiger partial charge is 0.573 e. The van der Waals surface area contributed by atoms with E-state index in [1.54, 1.807) is 14.0 Å². The van der Waals surface area contributed by atoms with E-state index in [-0.39, 0.29) is 12.2 Å². The highest BCUT2D eigenvalue weighted by Gasteiger charge is 2.31. The second-order valence-electron chi connectivity index (χ2n) is 6.21. The summed E-state index contributed by atoms with van der Waals surface area (Å²) < 4.78 is 53.4. The monoisotopic (exact) mass is 413 g/mol. The van der Waals surface area contributed by atoms with Crippen molar-refractivity contribution in [3.63, 3.8) is 0 Å². The number of rotatable bonds is 7. The summed E-state index contributed by atoms with van der Waals surface area (Å²) in [6.45, 7) is 1.43. The molecule has 0 heterocycles. The third-order valence-corrected chi connectivity index (χ3v) is 3.90. The highest BCUT2D eigenvalue weighted by atomic mass is 19.4. The molecule has 2 rings (SSSR count). The van der Waals surface area contributed by atoms with E-state index in [9.17, 15) is 27.2 Å². The summed E-state index contributed by atoms with van der Waals surface area (Å²) in [4.78, 5) is 25.8. The minimum Gasteiger partial charge on any atom is -0.406 e. The van der Waals surface area contributed by atoms with Gasteiger partial charge in [0.2, 0.25) is 11.8 Å². The van der Waals surface area contributed by atoms with E-state index in [2.05, 4.69) is 15.4 Å². The lowest BCUT2D eigenvalue weighted by molar-refractivity contribution is -0.274. The molecule has 156 valence electrons.